The maximum Gasteiger partial charge on any atom is 0.311 e. The molecule has 0 saturated carbocycles. The number of methoxy groups -OCH3 is 1. The third-order valence-corrected chi connectivity index (χ3v) is 2.11. The minimum absolute atomic E-state index is 0.285. The lowest BCUT2D eigenvalue weighted by Gasteiger charge is -2.07. The summed E-state index contributed by atoms with van der Waals surface area (Å²) in [5.74, 6) is -1.44. The van der Waals surface area contributed by atoms with E-state index in [1.54, 1.807) is 0 Å². The summed E-state index contributed by atoms with van der Waals surface area (Å²) >= 11 is 0. The van der Waals surface area contributed by atoms with Crippen molar-refractivity contribution >= 4 is 11.6 Å². The fourth-order valence-electron chi connectivity index (χ4n) is 1.24. The molecule has 0 radical (unpaired) electrons. The van der Waals surface area contributed by atoms with Gasteiger partial charge in [-0.3, -0.25) is 14.9 Å². The molecule has 0 aromatic heterocycles. The Labute approximate surface area is 108 Å². The minimum Gasteiger partial charge on any atom is -0.477 e. The van der Waals surface area contributed by atoms with E-state index >= 15 is 0 Å². The number of nitrogens with one attached hydrogen (secondary N) is 1. The van der Waals surface area contributed by atoms with Crippen LogP contribution in [-0.4, -0.2) is 37.7 Å². The molecular weight excluding hydrogens is 259 g/mol. The molecule has 1 aromatic carbocycles. The molecule has 0 heterocycles. The predicted octanol–water partition coefficient (Wildman–Crippen LogP) is 0.875. The zero-order chi connectivity index (χ0) is 14.3. The first-order chi connectivity index (χ1) is 9.04. The molecule has 1 N–H and O–H groups in total. The first-order valence-electron chi connectivity index (χ1n) is 5.37. The molecule has 0 bridgehead atoms. The van der Waals surface area contributed by atoms with Gasteiger partial charge in [-0.1, -0.05) is 0 Å². The summed E-state index contributed by atoms with van der Waals surface area (Å²) in [5, 5.41) is 13.1. The quantitative estimate of drug-likeness (QED) is 0.452. The average Bonchev–Trinajstić information content (AvgIpc) is 2.36. The lowest BCUT2D eigenvalue weighted by Crippen LogP contribution is -2.31. The zero-order valence-corrected chi connectivity index (χ0v) is 10.2. The Morgan fingerprint density at radius 1 is 1.53 bits per heavy atom. The van der Waals surface area contributed by atoms with E-state index in [0.29, 0.717) is 13.2 Å². The fraction of sp³-hybridized carbons (Fsp3) is 0.364. The number of nitro groups is 1. The normalized spacial score (nSPS) is 10.0. The highest BCUT2D eigenvalue weighted by molar-refractivity contribution is 5.77. The van der Waals surface area contributed by atoms with E-state index in [1.807, 2.05) is 0 Å². The maximum absolute atomic E-state index is 13.0. The number of nitrogens with zero attached hydrogens (tertiary/aromatic N) is 1. The molecule has 0 aliphatic rings. The van der Waals surface area contributed by atoms with Gasteiger partial charge in [-0.15, -0.1) is 0 Å². The summed E-state index contributed by atoms with van der Waals surface area (Å²) in [6.07, 6.45) is 0. The lowest BCUT2D eigenvalue weighted by molar-refractivity contribution is -0.385. The minimum atomic E-state index is -0.711. The monoisotopic (exact) mass is 272 g/mol. The van der Waals surface area contributed by atoms with E-state index in [-0.39, 0.29) is 5.75 Å². The maximum atomic E-state index is 13.0. The van der Waals surface area contributed by atoms with Gasteiger partial charge in [0.15, 0.2) is 6.61 Å². The number of ether oxygens (including phenoxy) is 2. The van der Waals surface area contributed by atoms with Crippen molar-refractivity contribution in [3.63, 3.8) is 0 Å². The van der Waals surface area contributed by atoms with Gasteiger partial charge < -0.3 is 14.8 Å². The second kappa shape index (κ2) is 7.27. The van der Waals surface area contributed by atoms with Crippen LogP contribution in [0, 0.1) is 15.9 Å². The number of carbonyl (C=O) groups is 1. The van der Waals surface area contributed by atoms with Gasteiger partial charge in [-0.05, 0) is 6.07 Å². The number of hydrogen-bond donors (Lipinski definition) is 1. The number of amides is 1. The van der Waals surface area contributed by atoms with Crippen molar-refractivity contribution in [3.05, 3.63) is 34.1 Å². The van der Waals surface area contributed by atoms with Gasteiger partial charge in [0.25, 0.3) is 5.91 Å². The fourth-order valence-corrected chi connectivity index (χ4v) is 1.24. The number of halogens is 1. The van der Waals surface area contributed by atoms with E-state index in [9.17, 15) is 19.3 Å². The van der Waals surface area contributed by atoms with Crippen molar-refractivity contribution in [1.29, 1.82) is 0 Å². The van der Waals surface area contributed by atoms with Crippen LogP contribution in [0.4, 0.5) is 10.1 Å². The van der Waals surface area contributed by atoms with Crippen LogP contribution in [0.5, 0.6) is 5.75 Å². The molecule has 0 unspecified atom stereocenters. The van der Waals surface area contributed by atoms with E-state index in [0.717, 1.165) is 18.2 Å². The summed E-state index contributed by atoms with van der Waals surface area (Å²) in [6.45, 7) is 0.198. The number of benzene rings is 1. The number of hydrogen-bond acceptors (Lipinski definition) is 5. The van der Waals surface area contributed by atoms with Crippen LogP contribution < -0.4 is 10.1 Å². The van der Waals surface area contributed by atoms with Crippen LogP contribution in [0.3, 0.4) is 0 Å². The van der Waals surface area contributed by atoms with E-state index in [1.165, 1.54) is 7.11 Å². The van der Waals surface area contributed by atoms with Crippen molar-refractivity contribution < 1.29 is 23.6 Å². The molecule has 0 aliphatic heterocycles. The number of nitro benzene ring substituents is 1. The van der Waals surface area contributed by atoms with Crippen molar-refractivity contribution in [2.24, 2.45) is 0 Å². The highest BCUT2D eigenvalue weighted by Gasteiger charge is 2.16. The molecule has 0 spiro atoms. The molecule has 7 nitrogen and oxygen atoms in total. The van der Waals surface area contributed by atoms with Crippen molar-refractivity contribution in [1.82, 2.24) is 5.32 Å². The van der Waals surface area contributed by atoms with Crippen LogP contribution in [0.1, 0.15) is 0 Å². The first kappa shape index (κ1) is 14.8. The van der Waals surface area contributed by atoms with Crippen molar-refractivity contribution in [2.75, 3.05) is 26.9 Å². The average molecular weight is 272 g/mol. The van der Waals surface area contributed by atoms with E-state index in [4.69, 9.17) is 9.47 Å². The third kappa shape index (κ3) is 4.88. The molecule has 0 fully saturated rings. The standard InChI is InChI=1S/C11H13FN2O5/c1-18-5-4-13-11(15)7-19-10-6-8(12)2-3-9(10)14(16)17/h2-3,6H,4-5,7H2,1H3,(H,13,15). The second-order valence-corrected chi connectivity index (χ2v) is 3.50. The van der Waals surface area contributed by atoms with Crippen molar-refractivity contribution in [3.8, 4) is 5.75 Å². The van der Waals surface area contributed by atoms with Gasteiger partial charge in [0.1, 0.15) is 5.82 Å². The lowest BCUT2D eigenvalue weighted by atomic mass is 10.3. The number of carbonyl (C=O) groups excluding carboxylic acids is 1. The van der Waals surface area contributed by atoms with Gasteiger partial charge in [-0.25, -0.2) is 4.39 Å². The Hall–Kier alpha value is -2.22. The van der Waals surface area contributed by atoms with Gasteiger partial charge in [-0.2, -0.15) is 0 Å². The smallest absolute Gasteiger partial charge is 0.311 e. The van der Waals surface area contributed by atoms with E-state index in [2.05, 4.69) is 5.32 Å². The van der Waals surface area contributed by atoms with Gasteiger partial charge in [0, 0.05) is 25.8 Å². The van der Waals surface area contributed by atoms with Crippen LogP contribution in [0.2, 0.25) is 0 Å². The second-order valence-electron chi connectivity index (χ2n) is 3.50. The number of rotatable bonds is 7. The summed E-state index contributed by atoms with van der Waals surface area (Å²) < 4.78 is 22.6. The highest BCUT2D eigenvalue weighted by Crippen LogP contribution is 2.27. The van der Waals surface area contributed by atoms with E-state index < -0.39 is 28.9 Å². The Morgan fingerprint density at radius 2 is 2.26 bits per heavy atom. The molecule has 1 aromatic rings. The first-order valence-corrected chi connectivity index (χ1v) is 5.37. The van der Waals surface area contributed by atoms with Crippen LogP contribution in [0.25, 0.3) is 0 Å². The summed E-state index contributed by atoms with van der Waals surface area (Å²) in [5.41, 5.74) is -0.397. The third-order valence-electron chi connectivity index (χ3n) is 2.11. The molecule has 104 valence electrons. The van der Waals surface area contributed by atoms with Crippen LogP contribution in [-0.2, 0) is 9.53 Å². The molecule has 0 saturated heterocycles. The highest BCUT2D eigenvalue weighted by atomic mass is 19.1. The van der Waals surface area contributed by atoms with Gasteiger partial charge in [0.05, 0.1) is 11.5 Å². The molecule has 0 aliphatic carbocycles. The predicted molar refractivity (Wildman–Crippen MR) is 63.4 cm³/mol. The van der Waals surface area contributed by atoms with Crippen LogP contribution in [0.15, 0.2) is 18.2 Å². The largest absolute Gasteiger partial charge is 0.477 e. The molecule has 19 heavy (non-hydrogen) atoms. The van der Waals surface area contributed by atoms with Crippen molar-refractivity contribution in [2.45, 2.75) is 0 Å². The summed E-state index contributed by atoms with van der Waals surface area (Å²) in [7, 11) is 1.48. The Balaban J connectivity index is 2.59. The van der Waals surface area contributed by atoms with Gasteiger partial charge >= 0.3 is 5.69 Å². The summed E-state index contributed by atoms with van der Waals surface area (Å²) in [4.78, 5) is 21.3. The molecular formula is C11H13FN2O5. The zero-order valence-electron chi connectivity index (χ0n) is 10.2. The molecule has 1 rings (SSSR count). The Bertz CT molecular complexity index is 466. The summed E-state index contributed by atoms with van der Waals surface area (Å²) in [6, 6.07) is 2.79. The Kier molecular flexibility index (Phi) is 5.68. The van der Waals surface area contributed by atoms with Gasteiger partial charge in [0.2, 0.25) is 5.75 Å². The SMILES string of the molecule is COCCNC(=O)COc1cc(F)ccc1[N+](=O)[O-]. The van der Waals surface area contributed by atoms with Crippen LogP contribution >= 0.6 is 0 Å². The Morgan fingerprint density at radius 3 is 2.89 bits per heavy atom. The molecule has 8 heteroatoms. The topological polar surface area (TPSA) is 90.7 Å². The molecule has 0 atom stereocenters. The molecule has 1 amide bonds.